The van der Waals surface area contributed by atoms with Crippen LogP contribution in [0, 0.1) is 5.92 Å². The Morgan fingerprint density at radius 1 is 1.64 bits per heavy atom. The molecule has 0 aromatic heterocycles. The topological polar surface area (TPSA) is 61.4 Å². The van der Waals surface area contributed by atoms with Crippen LogP contribution in [0.15, 0.2) is 0 Å². The summed E-state index contributed by atoms with van der Waals surface area (Å²) in [7, 11) is 0. The number of thioether (sulfide) groups is 1. The third kappa shape index (κ3) is 1.64. The standard InChI is InChI=1S/C9H16N2O2S/c1-6-4-10-3-2-9(6)11-7(5-14-9)8(12)13/h6-7,10-11H,2-5H2,1H3,(H,12,13)/t6?,7-,9?/m0/s1. The molecule has 2 aliphatic rings. The van der Waals surface area contributed by atoms with Crippen molar-refractivity contribution in [1.82, 2.24) is 10.6 Å². The first kappa shape index (κ1) is 10.3. The lowest BCUT2D eigenvalue weighted by atomic mass is 9.94. The molecule has 2 saturated heterocycles. The SMILES string of the molecule is CC1CNCCC12N[C@H](C(=O)O)CS2. The average molecular weight is 216 g/mol. The largest absolute Gasteiger partial charge is 0.480 e. The molecule has 0 saturated carbocycles. The molecular weight excluding hydrogens is 200 g/mol. The number of hydrogen-bond acceptors (Lipinski definition) is 4. The van der Waals surface area contributed by atoms with Crippen molar-refractivity contribution in [2.75, 3.05) is 18.8 Å². The summed E-state index contributed by atoms with van der Waals surface area (Å²) in [6, 6.07) is -0.361. The van der Waals surface area contributed by atoms with E-state index < -0.39 is 5.97 Å². The van der Waals surface area contributed by atoms with Crippen molar-refractivity contribution in [3.8, 4) is 0 Å². The molecule has 4 nitrogen and oxygen atoms in total. The van der Waals surface area contributed by atoms with Crippen molar-refractivity contribution >= 4 is 17.7 Å². The molecule has 0 aromatic carbocycles. The fourth-order valence-electron chi connectivity index (χ4n) is 2.18. The van der Waals surface area contributed by atoms with E-state index in [2.05, 4.69) is 17.6 Å². The number of hydrogen-bond donors (Lipinski definition) is 3. The van der Waals surface area contributed by atoms with Crippen molar-refractivity contribution < 1.29 is 9.90 Å². The summed E-state index contributed by atoms with van der Waals surface area (Å²) in [5.41, 5.74) is 0. The highest BCUT2D eigenvalue weighted by molar-refractivity contribution is 8.01. The quantitative estimate of drug-likeness (QED) is 0.580. The van der Waals surface area contributed by atoms with E-state index in [-0.39, 0.29) is 10.9 Å². The Morgan fingerprint density at radius 3 is 3.00 bits per heavy atom. The summed E-state index contributed by atoms with van der Waals surface area (Å²) in [4.78, 5) is 10.9. The molecule has 3 N–H and O–H groups in total. The van der Waals surface area contributed by atoms with Crippen LogP contribution in [0.3, 0.4) is 0 Å². The average Bonchev–Trinajstić information content (AvgIpc) is 2.56. The van der Waals surface area contributed by atoms with Gasteiger partial charge in [0.25, 0.3) is 0 Å². The second-order valence-electron chi connectivity index (χ2n) is 4.09. The minimum Gasteiger partial charge on any atom is -0.480 e. The minimum absolute atomic E-state index is 0.00824. The molecule has 2 aliphatic heterocycles. The summed E-state index contributed by atoms with van der Waals surface area (Å²) in [6.45, 7) is 4.14. The first-order valence-electron chi connectivity index (χ1n) is 4.99. The number of carboxylic acid groups (broad SMARTS) is 1. The van der Waals surface area contributed by atoms with E-state index in [1.807, 2.05) is 0 Å². The first-order chi connectivity index (χ1) is 6.64. The van der Waals surface area contributed by atoms with E-state index in [4.69, 9.17) is 5.11 Å². The molecule has 1 spiro atoms. The van der Waals surface area contributed by atoms with Crippen molar-refractivity contribution in [3.05, 3.63) is 0 Å². The van der Waals surface area contributed by atoms with Crippen LogP contribution >= 0.6 is 11.8 Å². The zero-order valence-electron chi connectivity index (χ0n) is 8.25. The minimum atomic E-state index is -0.722. The fourth-order valence-corrected chi connectivity index (χ4v) is 3.71. The maximum atomic E-state index is 10.8. The molecule has 0 aliphatic carbocycles. The number of aliphatic carboxylic acids is 1. The Labute approximate surface area is 87.8 Å². The van der Waals surface area contributed by atoms with Gasteiger partial charge in [0.1, 0.15) is 6.04 Å². The van der Waals surface area contributed by atoms with Crippen LogP contribution < -0.4 is 10.6 Å². The first-order valence-corrected chi connectivity index (χ1v) is 5.98. The summed E-state index contributed by atoms with van der Waals surface area (Å²) in [5, 5.41) is 15.5. The summed E-state index contributed by atoms with van der Waals surface area (Å²) in [6.07, 6.45) is 1.02. The second-order valence-corrected chi connectivity index (χ2v) is 5.44. The summed E-state index contributed by atoms with van der Waals surface area (Å²) < 4.78 is 0. The van der Waals surface area contributed by atoms with Crippen LogP contribution in [0.2, 0.25) is 0 Å². The molecule has 0 radical (unpaired) electrons. The van der Waals surface area contributed by atoms with Crippen molar-refractivity contribution in [2.45, 2.75) is 24.3 Å². The van der Waals surface area contributed by atoms with Gasteiger partial charge in [0.2, 0.25) is 0 Å². The Kier molecular flexibility index (Phi) is 2.72. The van der Waals surface area contributed by atoms with Crippen LogP contribution in [-0.4, -0.2) is 40.8 Å². The van der Waals surface area contributed by atoms with E-state index in [0.717, 1.165) is 19.5 Å². The van der Waals surface area contributed by atoms with E-state index >= 15 is 0 Å². The molecule has 2 rings (SSSR count). The molecule has 80 valence electrons. The molecule has 0 amide bonds. The lowest BCUT2D eigenvalue weighted by Gasteiger charge is -2.39. The van der Waals surface area contributed by atoms with Gasteiger partial charge >= 0.3 is 5.97 Å². The Bertz CT molecular complexity index is 249. The molecule has 14 heavy (non-hydrogen) atoms. The third-order valence-corrected chi connectivity index (χ3v) is 4.88. The van der Waals surface area contributed by atoms with Crippen molar-refractivity contribution in [1.29, 1.82) is 0 Å². The zero-order valence-corrected chi connectivity index (χ0v) is 9.06. The molecular formula is C9H16N2O2S. The highest BCUT2D eigenvalue weighted by Crippen LogP contribution is 2.40. The smallest absolute Gasteiger partial charge is 0.321 e. The predicted molar refractivity (Wildman–Crippen MR) is 56.4 cm³/mol. The van der Waals surface area contributed by atoms with Gasteiger partial charge < -0.3 is 10.4 Å². The summed E-state index contributed by atoms with van der Waals surface area (Å²) in [5.74, 6) is 0.463. The molecule has 3 atom stereocenters. The predicted octanol–water partition coefficient (Wildman–Crippen LogP) is 0.102. The van der Waals surface area contributed by atoms with E-state index in [0.29, 0.717) is 11.7 Å². The molecule has 2 fully saturated rings. The Morgan fingerprint density at radius 2 is 2.43 bits per heavy atom. The number of rotatable bonds is 1. The number of piperidine rings is 1. The van der Waals surface area contributed by atoms with Gasteiger partial charge in [-0.05, 0) is 18.9 Å². The van der Waals surface area contributed by atoms with E-state index in [1.165, 1.54) is 0 Å². The van der Waals surface area contributed by atoms with Crippen molar-refractivity contribution in [3.63, 3.8) is 0 Å². The van der Waals surface area contributed by atoms with Gasteiger partial charge in [0, 0.05) is 12.3 Å². The molecule has 2 heterocycles. The van der Waals surface area contributed by atoms with Crippen LogP contribution in [0.4, 0.5) is 0 Å². The molecule has 0 bridgehead atoms. The summed E-state index contributed by atoms with van der Waals surface area (Å²) >= 11 is 1.78. The maximum absolute atomic E-state index is 10.8. The number of nitrogens with one attached hydrogen (secondary N) is 2. The van der Waals surface area contributed by atoms with Crippen LogP contribution in [0.5, 0.6) is 0 Å². The Hall–Kier alpha value is -0.260. The highest BCUT2D eigenvalue weighted by Gasteiger charge is 2.46. The van der Waals surface area contributed by atoms with Gasteiger partial charge in [-0.1, -0.05) is 6.92 Å². The maximum Gasteiger partial charge on any atom is 0.321 e. The number of carbonyl (C=O) groups is 1. The monoisotopic (exact) mass is 216 g/mol. The van der Waals surface area contributed by atoms with Crippen LogP contribution in [-0.2, 0) is 4.79 Å². The lowest BCUT2D eigenvalue weighted by Crippen LogP contribution is -2.55. The van der Waals surface area contributed by atoms with Crippen molar-refractivity contribution in [2.24, 2.45) is 5.92 Å². The zero-order chi connectivity index (χ0) is 10.2. The lowest BCUT2D eigenvalue weighted by molar-refractivity contribution is -0.139. The van der Waals surface area contributed by atoms with Gasteiger partial charge in [-0.15, -0.1) is 11.8 Å². The van der Waals surface area contributed by atoms with E-state index in [9.17, 15) is 4.79 Å². The van der Waals surface area contributed by atoms with Gasteiger partial charge in [-0.2, -0.15) is 0 Å². The van der Waals surface area contributed by atoms with E-state index in [1.54, 1.807) is 11.8 Å². The van der Waals surface area contributed by atoms with Gasteiger partial charge in [-0.25, -0.2) is 0 Å². The second kappa shape index (κ2) is 3.72. The van der Waals surface area contributed by atoms with Gasteiger partial charge in [-0.3, -0.25) is 10.1 Å². The highest BCUT2D eigenvalue weighted by atomic mass is 32.2. The van der Waals surface area contributed by atoms with Crippen LogP contribution in [0.25, 0.3) is 0 Å². The fraction of sp³-hybridized carbons (Fsp3) is 0.889. The Balaban J connectivity index is 2.06. The number of carboxylic acids is 1. The van der Waals surface area contributed by atoms with Crippen LogP contribution in [0.1, 0.15) is 13.3 Å². The molecule has 2 unspecified atom stereocenters. The normalized spacial score (nSPS) is 42.9. The third-order valence-electron chi connectivity index (χ3n) is 3.14. The van der Waals surface area contributed by atoms with Gasteiger partial charge in [0.15, 0.2) is 0 Å². The molecule has 0 aromatic rings. The molecule has 5 heteroatoms. The van der Waals surface area contributed by atoms with Gasteiger partial charge in [0.05, 0.1) is 4.87 Å².